The molecule has 3 rings (SSSR count). The van der Waals surface area contributed by atoms with Crippen LogP contribution in [0.2, 0.25) is 0 Å². The van der Waals surface area contributed by atoms with Crippen LogP contribution >= 0.6 is 0 Å². The van der Waals surface area contributed by atoms with Gasteiger partial charge in [0.05, 0.1) is 5.57 Å². The Kier molecular flexibility index (Phi) is 8.69. The first-order valence-electron chi connectivity index (χ1n) is 11.6. The van der Waals surface area contributed by atoms with Crippen LogP contribution < -0.4 is 20.2 Å². The largest absolute Gasteiger partial charge is 0.378 e. The Morgan fingerprint density at radius 1 is 0.579 bits per heavy atom. The van der Waals surface area contributed by atoms with Crippen LogP contribution in [0.1, 0.15) is 11.1 Å². The molecule has 0 aliphatic heterocycles. The van der Waals surface area contributed by atoms with Crippen LogP contribution in [0.25, 0.3) is 11.1 Å². The molecular formula is C32H24N6. The summed E-state index contributed by atoms with van der Waals surface area (Å²) >= 11 is 0. The summed E-state index contributed by atoms with van der Waals surface area (Å²) in [6.45, 7) is 0. The van der Waals surface area contributed by atoms with E-state index in [9.17, 15) is 21.0 Å². The minimum absolute atomic E-state index is 0.0000899. The third-order valence-corrected chi connectivity index (χ3v) is 5.80. The lowest BCUT2D eigenvalue weighted by molar-refractivity contribution is 1.13. The van der Waals surface area contributed by atoms with Gasteiger partial charge in [0.15, 0.2) is 0 Å². The van der Waals surface area contributed by atoms with Gasteiger partial charge >= 0.3 is 0 Å². The maximum atomic E-state index is 9.83. The predicted octanol–water partition coefficient (Wildman–Crippen LogP) is 3.61. The molecule has 182 valence electrons. The zero-order valence-corrected chi connectivity index (χ0v) is 21.6. The molecule has 0 N–H and O–H groups in total. The molecule has 6 nitrogen and oxygen atoms in total. The fourth-order valence-corrected chi connectivity index (χ4v) is 3.70. The molecule has 0 saturated carbocycles. The summed E-state index contributed by atoms with van der Waals surface area (Å²) in [4.78, 5) is 3.96. The second-order valence-electron chi connectivity index (χ2n) is 8.66. The van der Waals surface area contributed by atoms with E-state index in [-0.39, 0.29) is 11.1 Å². The highest BCUT2D eigenvalue weighted by molar-refractivity contribution is 5.87. The molecule has 3 aromatic carbocycles. The lowest BCUT2D eigenvalue weighted by Crippen LogP contribution is -2.14. The Labute approximate surface area is 223 Å². The van der Waals surface area contributed by atoms with Gasteiger partial charge in [0.1, 0.15) is 35.4 Å². The van der Waals surface area contributed by atoms with Crippen molar-refractivity contribution in [3.05, 3.63) is 106 Å². The van der Waals surface area contributed by atoms with Crippen molar-refractivity contribution in [2.75, 3.05) is 38.0 Å². The Balaban J connectivity index is 2.35. The number of hydrogen-bond acceptors (Lipinski definition) is 6. The first-order chi connectivity index (χ1) is 18.3. The Morgan fingerprint density at radius 2 is 1.05 bits per heavy atom. The lowest BCUT2D eigenvalue weighted by Gasteiger charge is -2.14. The second-order valence-corrected chi connectivity index (χ2v) is 8.66. The van der Waals surface area contributed by atoms with Gasteiger partial charge in [0.2, 0.25) is 0 Å². The number of allylic oxidation sites excluding steroid dienone is 2. The first-order valence-corrected chi connectivity index (χ1v) is 11.6. The Hall–Kier alpha value is -5.74. The van der Waals surface area contributed by atoms with Crippen LogP contribution in [0.3, 0.4) is 0 Å². The van der Waals surface area contributed by atoms with Crippen molar-refractivity contribution in [3.63, 3.8) is 0 Å². The fraction of sp³-hybridized carbons (Fsp3) is 0.125. The Bertz CT molecular complexity index is 1680. The minimum Gasteiger partial charge on any atom is -0.378 e. The monoisotopic (exact) mass is 492 g/mol. The Morgan fingerprint density at radius 3 is 1.50 bits per heavy atom. The molecule has 0 bridgehead atoms. The third kappa shape index (κ3) is 6.08. The highest BCUT2D eigenvalue weighted by atomic mass is 15.1. The first kappa shape index (κ1) is 26.9. The average molecular weight is 493 g/mol. The van der Waals surface area contributed by atoms with Crippen molar-refractivity contribution in [2.45, 2.75) is 0 Å². The van der Waals surface area contributed by atoms with E-state index < -0.39 is 0 Å². The van der Waals surface area contributed by atoms with Crippen LogP contribution in [0.4, 0.5) is 11.4 Å². The molecule has 0 radical (unpaired) electrons. The summed E-state index contributed by atoms with van der Waals surface area (Å²) in [6, 6.07) is 30.1. The summed E-state index contributed by atoms with van der Waals surface area (Å²) < 4.78 is 0. The molecule has 0 heterocycles. The van der Waals surface area contributed by atoms with Gasteiger partial charge in [-0.05, 0) is 47.2 Å². The van der Waals surface area contributed by atoms with Crippen molar-refractivity contribution < 1.29 is 0 Å². The van der Waals surface area contributed by atoms with E-state index in [1.54, 1.807) is 24.3 Å². The summed E-state index contributed by atoms with van der Waals surface area (Å²) in [7, 11) is 7.79. The molecule has 0 amide bonds. The topological polar surface area (TPSA) is 102 Å². The number of nitriles is 4. The summed E-state index contributed by atoms with van der Waals surface area (Å²) in [6.07, 6.45) is 0. The standard InChI is InChI=1S/C32H24N6/c1-37(2)29-14-5-23(6-15-29)7-18-31(28(21-35)22-36)32(26-12-16-30(17-13-26)38(3)4)25-10-8-24(9-11-25)27(19-33)20-34/h5-6,8-17H,1-4H3. The number of nitrogens with zero attached hydrogens (tertiary/aromatic N) is 6. The molecule has 0 unspecified atom stereocenters. The van der Waals surface area contributed by atoms with Gasteiger partial charge in [-0.2, -0.15) is 21.0 Å². The second kappa shape index (κ2) is 12.3. The van der Waals surface area contributed by atoms with Gasteiger partial charge < -0.3 is 9.80 Å². The lowest BCUT2D eigenvalue weighted by atomic mass is 9.92. The zero-order chi connectivity index (χ0) is 27.7. The predicted molar refractivity (Wildman–Crippen MR) is 150 cm³/mol. The summed E-state index contributed by atoms with van der Waals surface area (Å²) in [5.74, 6) is 6.20. The van der Waals surface area contributed by atoms with E-state index in [4.69, 9.17) is 0 Å². The van der Waals surface area contributed by atoms with Crippen LogP contribution in [0.15, 0.2) is 83.9 Å². The smallest absolute Gasteiger partial charge is 0.145 e. The SMILES string of the molecule is CN(C)c1ccc(C#CC(=C(C#N)C#N)C(c2ccc(N(C)C)cc2)=c2ccc(=C(C#N)C#N)cc2)cc1. The van der Waals surface area contributed by atoms with Crippen molar-refractivity contribution in [2.24, 2.45) is 0 Å². The summed E-state index contributed by atoms with van der Waals surface area (Å²) in [5, 5.41) is 39.3. The molecule has 6 heteroatoms. The maximum absolute atomic E-state index is 9.83. The van der Waals surface area contributed by atoms with Crippen LogP contribution in [0.5, 0.6) is 0 Å². The number of rotatable bonds is 4. The van der Waals surface area contributed by atoms with Gasteiger partial charge in [-0.1, -0.05) is 48.2 Å². The highest BCUT2D eigenvalue weighted by Crippen LogP contribution is 2.25. The van der Waals surface area contributed by atoms with Gasteiger partial charge in [0, 0.05) is 55.9 Å². The van der Waals surface area contributed by atoms with Gasteiger partial charge in [-0.25, -0.2) is 0 Å². The average Bonchev–Trinajstić information content (AvgIpc) is 2.94. The van der Waals surface area contributed by atoms with E-state index in [1.165, 1.54) is 0 Å². The molecule has 38 heavy (non-hydrogen) atoms. The van der Waals surface area contributed by atoms with Crippen molar-refractivity contribution in [3.8, 4) is 36.1 Å². The van der Waals surface area contributed by atoms with Crippen molar-refractivity contribution in [1.29, 1.82) is 21.0 Å². The highest BCUT2D eigenvalue weighted by Gasteiger charge is 2.14. The van der Waals surface area contributed by atoms with E-state index in [0.29, 0.717) is 21.6 Å². The van der Waals surface area contributed by atoms with Crippen molar-refractivity contribution >= 4 is 22.5 Å². The third-order valence-electron chi connectivity index (χ3n) is 5.80. The normalized spacial score (nSPS) is 9.26. The van der Waals surface area contributed by atoms with E-state index in [2.05, 4.69) is 11.8 Å². The van der Waals surface area contributed by atoms with Crippen LogP contribution in [-0.2, 0) is 0 Å². The summed E-state index contributed by atoms with van der Waals surface area (Å²) in [5.41, 5.74) is 4.31. The van der Waals surface area contributed by atoms with Crippen LogP contribution in [0, 0.1) is 57.2 Å². The maximum Gasteiger partial charge on any atom is 0.145 e. The van der Waals surface area contributed by atoms with Crippen LogP contribution in [-0.4, -0.2) is 28.2 Å². The van der Waals surface area contributed by atoms with Crippen molar-refractivity contribution in [1.82, 2.24) is 0 Å². The fourth-order valence-electron chi connectivity index (χ4n) is 3.70. The molecule has 0 aliphatic carbocycles. The molecule has 0 fully saturated rings. The van der Waals surface area contributed by atoms with E-state index in [1.807, 2.05) is 111 Å². The molecule has 0 saturated heterocycles. The van der Waals surface area contributed by atoms with Gasteiger partial charge in [0.25, 0.3) is 0 Å². The zero-order valence-electron chi connectivity index (χ0n) is 21.6. The number of anilines is 2. The minimum atomic E-state index is -0.112. The van der Waals surface area contributed by atoms with Gasteiger partial charge in [-0.3, -0.25) is 0 Å². The molecular weight excluding hydrogens is 468 g/mol. The van der Waals surface area contributed by atoms with E-state index >= 15 is 0 Å². The molecule has 0 spiro atoms. The number of benzene rings is 3. The quantitative estimate of drug-likeness (QED) is 0.407. The molecule has 0 atom stereocenters. The molecule has 3 aromatic rings. The molecule has 0 aromatic heterocycles. The van der Waals surface area contributed by atoms with E-state index in [0.717, 1.165) is 22.5 Å². The number of hydrogen-bond donors (Lipinski definition) is 0. The molecule has 0 aliphatic rings. The van der Waals surface area contributed by atoms with Gasteiger partial charge in [-0.15, -0.1) is 0 Å².